The van der Waals surface area contributed by atoms with Crippen molar-refractivity contribution >= 4 is 33.9 Å². The van der Waals surface area contributed by atoms with Gasteiger partial charge in [0, 0.05) is 18.2 Å². The van der Waals surface area contributed by atoms with Crippen LogP contribution in [-0.2, 0) is 13.1 Å². The molecule has 174 valence electrons. The molecule has 4 rings (SSSR count). The van der Waals surface area contributed by atoms with E-state index in [4.69, 9.17) is 21.7 Å². The second kappa shape index (κ2) is 10.4. The van der Waals surface area contributed by atoms with Crippen molar-refractivity contribution < 1.29 is 13.9 Å². The normalized spacial score (nSPS) is 10.7. The van der Waals surface area contributed by atoms with Crippen molar-refractivity contribution in [1.82, 2.24) is 9.88 Å². The molecular formula is C26H24FN3O3S. The molecule has 3 aromatic carbocycles. The number of methoxy groups -OCH3 is 2. The predicted molar refractivity (Wildman–Crippen MR) is 136 cm³/mol. The largest absolute Gasteiger partial charge is 0.497 e. The molecule has 0 aliphatic rings. The SMILES string of the molecule is COc1ccc2cc(CN(Cc3ccc(F)cc3)C(=S)Nc3ccccc3OC)c(=O)[nH]c2c1. The van der Waals surface area contributed by atoms with Crippen LogP contribution < -0.4 is 20.3 Å². The van der Waals surface area contributed by atoms with Gasteiger partial charge < -0.3 is 24.7 Å². The van der Waals surface area contributed by atoms with E-state index in [1.807, 2.05) is 47.4 Å². The first kappa shape index (κ1) is 23.3. The monoisotopic (exact) mass is 477 g/mol. The molecule has 0 saturated heterocycles. The summed E-state index contributed by atoms with van der Waals surface area (Å²) >= 11 is 5.72. The van der Waals surface area contributed by atoms with Gasteiger partial charge in [0.2, 0.25) is 0 Å². The first-order valence-electron chi connectivity index (χ1n) is 10.6. The van der Waals surface area contributed by atoms with Gasteiger partial charge in [0.05, 0.1) is 32.0 Å². The number of nitrogens with one attached hydrogen (secondary N) is 2. The average Bonchev–Trinajstić information content (AvgIpc) is 2.85. The number of fused-ring (bicyclic) bond motifs is 1. The van der Waals surface area contributed by atoms with Crippen LogP contribution in [0.25, 0.3) is 10.9 Å². The van der Waals surface area contributed by atoms with Crippen molar-refractivity contribution in [1.29, 1.82) is 0 Å². The molecule has 1 aromatic heterocycles. The fourth-order valence-corrected chi connectivity index (χ4v) is 3.87. The van der Waals surface area contributed by atoms with Crippen molar-refractivity contribution in [2.24, 2.45) is 0 Å². The second-order valence-corrected chi connectivity index (χ2v) is 8.08. The Labute approximate surface area is 201 Å². The van der Waals surface area contributed by atoms with Gasteiger partial charge in [0.15, 0.2) is 5.11 Å². The highest BCUT2D eigenvalue weighted by Gasteiger charge is 2.16. The van der Waals surface area contributed by atoms with E-state index in [1.54, 1.807) is 32.4 Å². The Morgan fingerprint density at radius 3 is 2.50 bits per heavy atom. The second-order valence-electron chi connectivity index (χ2n) is 7.69. The van der Waals surface area contributed by atoms with E-state index in [0.717, 1.165) is 10.9 Å². The molecule has 0 atom stereocenters. The molecular weight excluding hydrogens is 453 g/mol. The summed E-state index contributed by atoms with van der Waals surface area (Å²) in [5.41, 5.74) is 2.58. The van der Waals surface area contributed by atoms with Gasteiger partial charge in [-0.25, -0.2) is 4.39 Å². The number of para-hydroxylation sites is 2. The lowest BCUT2D eigenvalue weighted by Gasteiger charge is -2.26. The average molecular weight is 478 g/mol. The molecule has 0 amide bonds. The Kier molecular flexibility index (Phi) is 7.08. The van der Waals surface area contributed by atoms with E-state index >= 15 is 0 Å². The standard InChI is InChI=1S/C26H24FN3O3S/c1-32-21-12-9-18-13-19(25(31)28-23(18)14-21)16-30(15-17-7-10-20(27)11-8-17)26(34)29-22-5-3-4-6-24(22)33-2/h3-14H,15-16H2,1-2H3,(H,28,31)(H,29,34). The summed E-state index contributed by atoms with van der Waals surface area (Å²) in [7, 11) is 3.17. The van der Waals surface area contributed by atoms with Crippen LogP contribution in [0.4, 0.5) is 10.1 Å². The quantitative estimate of drug-likeness (QED) is 0.362. The zero-order valence-corrected chi connectivity index (χ0v) is 19.6. The van der Waals surface area contributed by atoms with E-state index in [1.165, 1.54) is 12.1 Å². The van der Waals surface area contributed by atoms with Gasteiger partial charge in [0.1, 0.15) is 17.3 Å². The highest BCUT2D eigenvalue weighted by molar-refractivity contribution is 7.80. The fraction of sp³-hybridized carbons (Fsp3) is 0.154. The molecule has 0 saturated carbocycles. The van der Waals surface area contributed by atoms with Gasteiger partial charge in [-0.1, -0.05) is 24.3 Å². The first-order chi connectivity index (χ1) is 16.5. The van der Waals surface area contributed by atoms with Crippen LogP contribution in [0.15, 0.2) is 77.6 Å². The first-order valence-corrected chi connectivity index (χ1v) is 11.0. The lowest BCUT2D eigenvalue weighted by atomic mass is 10.1. The smallest absolute Gasteiger partial charge is 0.253 e. The number of rotatable bonds is 7. The number of hydrogen-bond acceptors (Lipinski definition) is 4. The minimum atomic E-state index is -0.313. The van der Waals surface area contributed by atoms with Crippen molar-refractivity contribution in [3.05, 3.63) is 100 Å². The molecule has 0 fully saturated rings. The van der Waals surface area contributed by atoms with Crippen LogP contribution in [0.5, 0.6) is 11.5 Å². The zero-order valence-electron chi connectivity index (χ0n) is 18.8. The number of nitrogens with zero attached hydrogens (tertiary/aromatic N) is 1. The Bertz CT molecular complexity index is 1370. The molecule has 1 heterocycles. The van der Waals surface area contributed by atoms with E-state index < -0.39 is 0 Å². The number of H-pyrrole nitrogens is 1. The fourth-order valence-electron chi connectivity index (χ4n) is 3.63. The third-order valence-corrected chi connectivity index (χ3v) is 5.77. The van der Waals surface area contributed by atoms with E-state index in [2.05, 4.69) is 10.3 Å². The number of anilines is 1. The van der Waals surface area contributed by atoms with Gasteiger partial charge in [-0.05, 0) is 65.6 Å². The Balaban J connectivity index is 1.66. The van der Waals surface area contributed by atoms with Gasteiger partial charge >= 0.3 is 0 Å². The van der Waals surface area contributed by atoms with Crippen molar-refractivity contribution in [3.8, 4) is 11.5 Å². The summed E-state index contributed by atoms with van der Waals surface area (Å²) in [4.78, 5) is 17.7. The molecule has 8 heteroatoms. The lowest BCUT2D eigenvalue weighted by molar-refractivity contribution is 0.407. The minimum absolute atomic E-state index is 0.218. The van der Waals surface area contributed by atoms with Crippen LogP contribution in [0.2, 0.25) is 0 Å². The Hall–Kier alpha value is -3.91. The predicted octanol–water partition coefficient (Wildman–Crippen LogP) is 5.08. The molecule has 0 spiro atoms. The number of halogens is 1. The summed E-state index contributed by atoms with van der Waals surface area (Å²) < 4.78 is 24.1. The van der Waals surface area contributed by atoms with E-state index in [9.17, 15) is 9.18 Å². The maximum absolute atomic E-state index is 13.4. The molecule has 0 aliphatic heterocycles. The van der Waals surface area contributed by atoms with E-state index in [0.29, 0.717) is 39.9 Å². The van der Waals surface area contributed by atoms with Gasteiger partial charge in [-0.3, -0.25) is 4.79 Å². The number of ether oxygens (including phenoxy) is 2. The molecule has 0 unspecified atom stereocenters. The van der Waals surface area contributed by atoms with Crippen LogP contribution >= 0.6 is 12.2 Å². The molecule has 34 heavy (non-hydrogen) atoms. The molecule has 0 radical (unpaired) electrons. The highest BCUT2D eigenvalue weighted by atomic mass is 32.1. The summed E-state index contributed by atoms with van der Waals surface area (Å²) in [6.45, 7) is 0.622. The lowest BCUT2D eigenvalue weighted by Crippen LogP contribution is -2.35. The molecule has 0 aliphatic carbocycles. The number of pyridine rings is 1. The van der Waals surface area contributed by atoms with Crippen molar-refractivity contribution in [2.45, 2.75) is 13.1 Å². The van der Waals surface area contributed by atoms with Gasteiger partial charge in [-0.2, -0.15) is 0 Å². The number of hydrogen-bond donors (Lipinski definition) is 2. The topological polar surface area (TPSA) is 66.6 Å². The van der Waals surface area contributed by atoms with Gasteiger partial charge in [0.25, 0.3) is 5.56 Å². The number of benzene rings is 3. The van der Waals surface area contributed by atoms with Crippen LogP contribution in [0, 0.1) is 5.82 Å². The summed E-state index contributed by atoms with van der Waals surface area (Å²) in [5, 5.41) is 4.50. The maximum Gasteiger partial charge on any atom is 0.253 e. The van der Waals surface area contributed by atoms with Crippen molar-refractivity contribution in [2.75, 3.05) is 19.5 Å². The number of thiocarbonyl (C=S) groups is 1. The molecule has 4 aromatic rings. The Morgan fingerprint density at radius 2 is 1.76 bits per heavy atom. The molecule has 2 N–H and O–H groups in total. The molecule has 6 nitrogen and oxygen atoms in total. The minimum Gasteiger partial charge on any atom is -0.497 e. The maximum atomic E-state index is 13.4. The van der Waals surface area contributed by atoms with Crippen LogP contribution in [-0.4, -0.2) is 29.2 Å². The van der Waals surface area contributed by atoms with E-state index in [-0.39, 0.29) is 17.9 Å². The third-order valence-electron chi connectivity index (χ3n) is 5.41. The zero-order chi connectivity index (χ0) is 24.1. The van der Waals surface area contributed by atoms with Crippen LogP contribution in [0.3, 0.4) is 0 Å². The number of aromatic amines is 1. The highest BCUT2D eigenvalue weighted by Crippen LogP contribution is 2.24. The van der Waals surface area contributed by atoms with Crippen molar-refractivity contribution in [3.63, 3.8) is 0 Å². The molecule has 0 bridgehead atoms. The Morgan fingerprint density at radius 1 is 1.00 bits per heavy atom. The summed E-state index contributed by atoms with van der Waals surface area (Å²) in [6, 6.07) is 21.0. The number of aromatic nitrogens is 1. The third kappa shape index (κ3) is 5.35. The summed E-state index contributed by atoms with van der Waals surface area (Å²) in [6.07, 6.45) is 0. The van der Waals surface area contributed by atoms with Crippen LogP contribution in [0.1, 0.15) is 11.1 Å². The summed E-state index contributed by atoms with van der Waals surface area (Å²) in [5.74, 6) is 0.992. The van der Waals surface area contributed by atoms with Gasteiger partial charge in [-0.15, -0.1) is 0 Å².